The Morgan fingerprint density at radius 2 is 1.54 bits per heavy atom. The van der Waals surface area contributed by atoms with Crippen molar-refractivity contribution in [1.82, 2.24) is 0 Å². The summed E-state index contributed by atoms with van der Waals surface area (Å²) in [7, 11) is 0. The Morgan fingerprint density at radius 3 is 2.12 bits per heavy atom. The Labute approximate surface area is 153 Å². The number of hydrogen-bond acceptors (Lipinski definition) is 4. The largest absolute Gasteiger partial charge is 0.457 e. The van der Waals surface area contributed by atoms with Crippen molar-refractivity contribution in [1.29, 1.82) is 0 Å². The Bertz CT molecular complexity index is 774. The zero-order valence-electron chi connectivity index (χ0n) is 15.2. The highest BCUT2D eigenvalue weighted by Gasteiger charge is 2.21. The molecule has 5 nitrogen and oxygen atoms in total. The number of benzene rings is 2. The lowest BCUT2D eigenvalue weighted by Crippen LogP contribution is -2.27. The van der Waals surface area contributed by atoms with Crippen molar-refractivity contribution in [2.45, 2.75) is 27.2 Å². The number of nitrogens with one attached hydrogen (secondary N) is 1. The zero-order valence-corrected chi connectivity index (χ0v) is 15.2. The van der Waals surface area contributed by atoms with Crippen LogP contribution < -0.4 is 5.32 Å². The standard InChI is InChI=1S/C21H23NO4/c1-21(2,3)20(25)22-17-11-9-16(10-12-17)18(23)14-26-19(24)13-15-7-5-4-6-8-15/h4-12H,13-14H2,1-3H3,(H,22,25). The molecule has 0 unspecified atom stereocenters. The fraction of sp³-hybridized carbons (Fsp3) is 0.286. The van der Waals surface area contributed by atoms with Crippen LogP contribution in [0.1, 0.15) is 36.7 Å². The van der Waals surface area contributed by atoms with E-state index in [2.05, 4.69) is 5.32 Å². The molecule has 0 saturated carbocycles. The molecule has 0 fully saturated rings. The van der Waals surface area contributed by atoms with Crippen LogP contribution in [0.25, 0.3) is 0 Å². The molecule has 0 heterocycles. The lowest BCUT2D eigenvalue weighted by molar-refractivity contribution is -0.141. The van der Waals surface area contributed by atoms with E-state index in [1.807, 2.05) is 51.1 Å². The van der Waals surface area contributed by atoms with Crippen LogP contribution in [0, 0.1) is 5.41 Å². The molecule has 136 valence electrons. The van der Waals surface area contributed by atoms with E-state index in [1.54, 1.807) is 24.3 Å². The molecule has 0 radical (unpaired) electrons. The molecule has 2 aromatic rings. The fourth-order valence-corrected chi connectivity index (χ4v) is 2.10. The molecule has 0 aliphatic rings. The van der Waals surface area contributed by atoms with Gasteiger partial charge in [0.1, 0.15) is 0 Å². The first-order valence-corrected chi connectivity index (χ1v) is 8.40. The van der Waals surface area contributed by atoms with E-state index in [4.69, 9.17) is 4.74 Å². The van der Waals surface area contributed by atoms with Gasteiger partial charge >= 0.3 is 5.97 Å². The number of Topliss-reactive ketones (excluding diaryl/α,β-unsaturated/α-hetero) is 1. The van der Waals surface area contributed by atoms with Gasteiger partial charge in [-0.05, 0) is 29.8 Å². The van der Waals surface area contributed by atoms with Crippen molar-refractivity contribution < 1.29 is 19.1 Å². The van der Waals surface area contributed by atoms with E-state index in [0.717, 1.165) is 5.56 Å². The summed E-state index contributed by atoms with van der Waals surface area (Å²) in [6, 6.07) is 15.7. The number of rotatable bonds is 6. The third-order valence-corrected chi connectivity index (χ3v) is 3.70. The lowest BCUT2D eigenvalue weighted by Gasteiger charge is -2.17. The predicted octanol–water partition coefficient (Wildman–Crippen LogP) is 3.64. The maximum atomic E-state index is 12.1. The first-order chi connectivity index (χ1) is 12.3. The molecule has 5 heteroatoms. The van der Waals surface area contributed by atoms with Gasteiger partial charge in [0.2, 0.25) is 5.91 Å². The minimum Gasteiger partial charge on any atom is -0.457 e. The Hall–Kier alpha value is -2.95. The number of esters is 1. The van der Waals surface area contributed by atoms with E-state index in [-0.39, 0.29) is 24.7 Å². The molecule has 0 aliphatic carbocycles. The predicted molar refractivity (Wildman–Crippen MR) is 100.0 cm³/mol. The Morgan fingerprint density at radius 1 is 0.923 bits per heavy atom. The quantitative estimate of drug-likeness (QED) is 0.636. The van der Waals surface area contributed by atoms with Crippen molar-refractivity contribution in [3.05, 3.63) is 65.7 Å². The number of carbonyl (C=O) groups is 3. The second kappa shape index (κ2) is 8.43. The summed E-state index contributed by atoms with van der Waals surface area (Å²) in [5.74, 6) is -0.842. The monoisotopic (exact) mass is 353 g/mol. The average molecular weight is 353 g/mol. The van der Waals surface area contributed by atoms with Crippen LogP contribution in [0.3, 0.4) is 0 Å². The zero-order chi connectivity index (χ0) is 19.2. The topological polar surface area (TPSA) is 72.5 Å². The summed E-state index contributed by atoms with van der Waals surface area (Å²) in [6.07, 6.45) is 0.131. The van der Waals surface area contributed by atoms with Crippen molar-refractivity contribution in [2.24, 2.45) is 5.41 Å². The van der Waals surface area contributed by atoms with Crippen molar-refractivity contribution in [2.75, 3.05) is 11.9 Å². The van der Waals surface area contributed by atoms with Crippen molar-refractivity contribution >= 4 is 23.3 Å². The van der Waals surface area contributed by atoms with Crippen LogP contribution in [0.15, 0.2) is 54.6 Å². The Kier molecular flexibility index (Phi) is 6.28. The molecule has 0 aliphatic heterocycles. The molecular weight excluding hydrogens is 330 g/mol. The van der Waals surface area contributed by atoms with Gasteiger partial charge < -0.3 is 10.1 Å². The average Bonchev–Trinajstić information content (AvgIpc) is 2.60. The fourth-order valence-electron chi connectivity index (χ4n) is 2.10. The van der Waals surface area contributed by atoms with Crippen LogP contribution in [0.2, 0.25) is 0 Å². The summed E-state index contributed by atoms with van der Waals surface area (Å²) >= 11 is 0. The third kappa shape index (κ3) is 5.84. The normalized spacial score (nSPS) is 10.9. The molecule has 0 spiro atoms. The highest BCUT2D eigenvalue weighted by atomic mass is 16.5. The molecule has 26 heavy (non-hydrogen) atoms. The third-order valence-electron chi connectivity index (χ3n) is 3.70. The van der Waals surface area contributed by atoms with E-state index >= 15 is 0 Å². The van der Waals surface area contributed by atoms with Gasteiger partial charge in [-0.25, -0.2) is 0 Å². The molecule has 2 rings (SSSR count). The van der Waals surface area contributed by atoms with Crippen LogP contribution in [0.4, 0.5) is 5.69 Å². The van der Waals surface area contributed by atoms with Crippen molar-refractivity contribution in [3.63, 3.8) is 0 Å². The van der Waals surface area contributed by atoms with Crippen LogP contribution in [0.5, 0.6) is 0 Å². The summed E-state index contributed by atoms with van der Waals surface area (Å²) in [6.45, 7) is 5.16. The van der Waals surface area contributed by atoms with Gasteiger partial charge in [0.15, 0.2) is 12.4 Å². The number of ketones is 1. The molecule has 0 atom stereocenters. The maximum absolute atomic E-state index is 12.1. The highest BCUT2D eigenvalue weighted by Crippen LogP contribution is 2.18. The summed E-state index contributed by atoms with van der Waals surface area (Å²) in [5.41, 5.74) is 1.37. The Balaban J connectivity index is 1.86. The van der Waals surface area contributed by atoms with Gasteiger partial charge in [-0.1, -0.05) is 51.1 Å². The SMILES string of the molecule is CC(C)(C)C(=O)Nc1ccc(C(=O)COC(=O)Cc2ccccc2)cc1. The second-order valence-electron chi connectivity index (χ2n) is 7.03. The minimum atomic E-state index is -0.499. The van der Waals surface area contributed by atoms with E-state index < -0.39 is 11.4 Å². The molecule has 0 bridgehead atoms. The summed E-state index contributed by atoms with van der Waals surface area (Å²) < 4.78 is 5.04. The van der Waals surface area contributed by atoms with Gasteiger partial charge in [0, 0.05) is 16.7 Å². The van der Waals surface area contributed by atoms with E-state index in [9.17, 15) is 14.4 Å². The van der Waals surface area contributed by atoms with E-state index in [1.165, 1.54) is 0 Å². The van der Waals surface area contributed by atoms with E-state index in [0.29, 0.717) is 11.3 Å². The molecular formula is C21H23NO4. The molecule has 2 aromatic carbocycles. The van der Waals surface area contributed by atoms with Crippen LogP contribution in [-0.4, -0.2) is 24.3 Å². The van der Waals surface area contributed by atoms with Gasteiger partial charge in [0.05, 0.1) is 6.42 Å². The summed E-state index contributed by atoms with van der Waals surface area (Å²) in [4.78, 5) is 35.9. The maximum Gasteiger partial charge on any atom is 0.310 e. The molecule has 0 aromatic heterocycles. The number of ether oxygens (including phenoxy) is 1. The van der Waals surface area contributed by atoms with Crippen LogP contribution in [-0.2, 0) is 20.7 Å². The first-order valence-electron chi connectivity index (χ1n) is 8.40. The second-order valence-corrected chi connectivity index (χ2v) is 7.03. The van der Waals surface area contributed by atoms with Gasteiger partial charge in [0.25, 0.3) is 0 Å². The highest BCUT2D eigenvalue weighted by molar-refractivity contribution is 5.99. The number of carbonyl (C=O) groups excluding carboxylic acids is 3. The number of anilines is 1. The molecule has 1 N–H and O–H groups in total. The smallest absolute Gasteiger partial charge is 0.310 e. The molecule has 0 saturated heterocycles. The molecule has 1 amide bonds. The van der Waals surface area contributed by atoms with Gasteiger partial charge in [-0.3, -0.25) is 14.4 Å². The number of amides is 1. The minimum absolute atomic E-state index is 0.105. The van der Waals surface area contributed by atoms with Crippen molar-refractivity contribution in [3.8, 4) is 0 Å². The summed E-state index contributed by atoms with van der Waals surface area (Å²) in [5, 5.41) is 2.79. The van der Waals surface area contributed by atoms with Gasteiger partial charge in [-0.2, -0.15) is 0 Å². The van der Waals surface area contributed by atoms with Crippen LogP contribution >= 0.6 is 0 Å². The lowest BCUT2D eigenvalue weighted by atomic mass is 9.95. The van der Waals surface area contributed by atoms with Gasteiger partial charge in [-0.15, -0.1) is 0 Å². The first kappa shape index (κ1) is 19.4. The number of hydrogen-bond donors (Lipinski definition) is 1.